The van der Waals surface area contributed by atoms with Gasteiger partial charge in [0.05, 0.1) is 22.2 Å². The third-order valence-corrected chi connectivity index (χ3v) is 8.86. The second kappa shape index (κ2) is 10.6. The molecular formula is C31H25N3O3S2. The zero-order valence-corrected chi connectivity index (χ0v) is 22.9. The maximum atomic E-state index is 14.0. The summed E-state index contributed by atoms with van der Waals surface area (Å²) in [6.45, 7) is 2.41. The van der Waals surface area contributed by atoms with Crippen LogP contribution >= 0.6 is 23.1 Å². The number of carbonyl (C=O) groups excluding carboxylic acids is 2. The number of thiophene rings is 1. The Morgan fingerprint density at radius 3 is 2.08 bits per heavy atom. The lowest BCUT2D eigenvalue weighted by Crippen LogP contribution is -2.30. The summed E-state index contributed by atoms with van der Waals surface area (Å²) in [6.07, 6.45) is 1.44. The van der Waals surface area contributed by atoms with Crippen LogP contribution in [0.4, 0.5) is 0 Å². The highest BCUT2D eigenvalue weighted by Gasteiger charge is 2.34. The van der Waals surface area contributed by atoms with Crippen molar-refractivity contribution in [1.29, 1.82) is 0 Å². The van der Waals surface area contributed by atoms with E-state index < -0.39 is 0 Å². The molecule has 0 N–H and O–H groups in total. The van der Waals surface area contributed by atoms with Crippen molar-refractivity contribution >= 4 is 45.1 Å². The van der Waals surface area contributed by atoms with Gasteiger partial charge in [-0.2, -0.15) is 0 Å². The first kappa shape index (κ1) is 25.3. The van der Waals surface area contributed by atoms with Crippen molar-refractivity contribution in [2.24, 2.45) is 0 Å². The summed E-state index contributed by atoms with van der Waals surface area (Å²) in [6, 6.07) is 26.5. The number of nitrogens with zero attached hydrogens (tertiary/aromatic N) is 3. The maximum Gasteiger partial charge on any atom is 0.268 e. The number of hydrogen-bond donors (Lipinski definition) is 0. The van der Waals surface area contributed by atoms with Gasteiger partial charge >= 0.3 is 0 Å². The Labute approximate surface area is 233 Å². The van der Waals surface area contributed by atoms with Gasteiger partial charge < -0.3 is 0 Å². The van der Waals surface area contributed by atoms with Gasteiger partial charge in [0.1, 0.15) is 4.83 Å². The Bertz CT molecular complexity index is 1730. The molecule has 8 heteroatoms. The Morgan fingerprint density at radius 1 is 0.795 bits per heavy atom. The minimum absolute atomic E-state index is 0.0806. The van der Waals surface area contributed by atoms with Crippen LogP contribution in [0.2, 0.25) is 0 Å². The van der Waals surface area contributed by atoms with E-state index in [-0.39, 0.29) is 17.4 Å². The monoisotopic (exact) mass is 551 g/mol. The summed E-state index contributed by atoms with van der Waals surface area (Å²) in [5.41, 5.74) is 3.59. The summed E-state index contributed by atoms with van der Waals surface area (Å²) in [5, 5.41) is 1.28. The minimum atomic E-state index is -0.226. The fourth-order valence-electron chi connectivity index (χ4n) is 4.97. The first-order chi connectivity index (χ1) is 19.0. The van der Waals surface area contributed by atoms with Gasteiger partial charge in [-0.25, -0.2) is 4.98 Å². The molecule has 0 atom stereocenters. The van der Waals surface area contributed by atoms with Crippen LogP contribution in [0.5, 0.6) is 0 Å². The molecule has 0 fully saturated rings. The van der Waals surface area contributed by atoms with E-state index in [1.165, 1.54) is 16.7 Å². The third kappa shape index (κ3) is 4.60. The van der Waals surface area contributed by atoms with Gasteiger partial charge in [0, 0.05) is 22.7 Å². The summed E-state index contributed by atoms with van der Waals surface area (Å²) in [4.78, 5) is 47.4. The van der Waals surface area contributed by atoms with Gasteiger partial charge in [0.25, 0.3) is 17.4 Å². The number of thioether (sulfide) groups is 1. The molecule has 5 aromatic rings. The van der Waals surface area contributed by atoms with Gasteiger partial charge in [0.2, 0.25) is 0 Å². The van der Waals surface area contributed by atoms with Gasteiger partial charge in [-0.3, -0.25) is 23.9 Å². The third-order valence-electron chi connectivity index (χ3n) is 6.83. The highest BCUT2D eigenvalue weighted by Crippen LogP contribution is 2.37. The van der Waals surface area contributed by atoms with E-state index in [2.05, 4.69) is 0 Å². The quantitative estimate of drug-likeness (QED) is 0.0942. The largest absolute Gasteiger partial charge is 0.274 e. The lowest BCUT2D eigenvalue weighted by Gasteiger charge is -2.14. The molecular weight excluding hydrogens is 526 g/mol. The average Bonchev–Trinajstić information content (AvgIpc) is 3.42. The van der Waals surface area contributed by atoms with Crippen LogP contribution in [0.1, 0.15) is 38.4 Å². The average molecular weight is 552 g/mol. The maximum absolute atomic E-state index is 14.0. The molecule has 39 heavy (non-hydrogen) atoms. The van der Waals surface area contributed by atoms with Gasteiger partial charge in [0.15, 0.2) is 5.16 Å². The lowest BCUT2D eigenvalue weighted by molar-refractivity contribution is 0.0652. The molecule has 2 aromatic heterocycles. The molecule has 3 heterocycles. The predicted octanol–water partition coefficient (Wildman–Crippen LogP) is 6.59. The molecule has 0 saturated carbocycles. The fourth-order valence-corrected chi connectivity index (χ4v) is 7.07. The number of para-hydroxylation sites is 1. The summed E-state index contributed by atoms with van der Waals surface area (Å²) in [5.74, 6) is 0.246. The first-order valence-electron chi connectivity index (χ1n) is 12.8. The van der Waals surface area contributed by atoms with Crippen molar-refractivity contribution in [1.82, 2.24) is 14.5 Å². The number of hydrogen-bond acceptors (Lipinski definition) is 6. The zero-order chi connectivity index (χ0) is 26.9. The molecule has 194 valence electrons. The standard InChI is InChI=1S/C31H25N3O3S2/c1-20-25(21-12-4-2-5-13-21)26-27(39-20)32-31(34(30(26)37)22-14-6-3-7-15-22)38-19-11-10-18-33-28(35)23-16-8-9-17-24(23)29(33)36/h2-9,12-17H,10-11,18-19H2,1H3. The van der Waals surface area contributed by atoms with Crippen molar-refractivity contribution in [2.75, 3.05) is 12.3 Å². The molecule has 0 saturated heterocycles. The molecule has 0 radical (unpaired) electrons. The summed E-state index contributed by atoms with van der Waals surface area (Å²) in [7, 11) is 0. The van der Waals surface area contributed by atoms with Crippen LogP contribution in [0.3, 0.4) is 0 Å². The molecule has 0 spiro atoms. The molecule has 0 bridgehead atoms. The number of aromatic nitrogens is 2. The molecule has 0 aliphatic carbocycles. The second-order valence-corrected chi connectivity index (χ2v) is 11.6. The lowest BCUT2D eigenvalue weighted by atomic mass is 10.0. The molecule has 3 aromatic carbocycles. The van der Waals surface area contributed by atoms with Crippen molar-refractivity contribution in [3.05, 3.63) is 111 Å². The number of aryl methyl sites for hydroxylation is 1. The van der Waals surface area contributed by atoms with E-state index in [1.54, 1.807) is 40.2 Å². The van der Waals surface area contributed by atoms with E-state index >= 15 is 0 Å². The summed E-state index contributed by atoms with van der Waals surface area (Å²) >= 11 is 3.06. The van der Waals surface area contributed by atoms with Crippen LogP contribution in [0.25, 0.3) is 27.0 Å². The normalized spacial score (nSPS) is 12.9. The van der Waals surface area contributed by atoms with Crippen molar-refractivity contribution in [2.45, 2.75) is 24.9 Å². The van der Waals surface area contributed by atoms with Crippen molar-refractivity contribution in [3.63, 3.8) is 0 Å². The molecule has 1 aliphatic rings. The van der Waals surface area contributed by atoms with Crippen LogP contribution in [-0.2, 0) is 0 Å². The van der Waals surface area contributed by atoms with Gasteiger partial charge in [-0.15, -0.1) is 11.3 Å². The van der Waals surface area contributed by atoms with E-state index in [0.717, 1.165) is 32.9 Å². The van der Waals surface area contributed by atoms with E-state index in [4.69, 9.17) is 4.98 Å². The van der Waals surface area contributed by atoms with Crippen LogP contribution in [0, 0.1) is 6.92 Å². The van der Waals surface area contributed by atoms with Gasteiger partial charge in [-0.05, 0) is 49.6 Å². The number of carbonyl (C=O) groups is 2. The predicted molar refractivity (Wildman–Crippen MR) is 157 cm³/mol. The zero-order valence-electron chi connectivity index (χ0n) is 21.3. The van der Waals surface area contributed by atoms with Crippen LogP contribution in [-0.4, -0.2) is 38.6 Å². The molecule has 6 rings (SSSR count). The minimum Gasteiger partial charge on any atom is -0.274 e. The molecule has 1 aliphatic heterocycles. The number of imide groups is 1. The highest BCUT2D eigenvalue weighted by molar-refractivity contribution is 7.99. The smallest absolute Gasteiger partial charge is 0.268 e. The first-order valence-corrected chi connectivity index (χ1v) is 14.6. The van der Waals surface area contributed by atoms with Crippen molar-refractivity contribution < 1.29 is 9.59 Å². The second-order valence-electron chi connectivity index (χ2n) is 9.31. The Morgan fingerprint density at radius 2 is 1.41 bits per heavy atom. The molecule has 2 amide bonds. The fraction of sp³-hybridized carbons (Fsp3) is 0.161. The topological polar surface area (TPSA) is 72.3 Å². The molecule has 0 unspecified atom stereocenters. The van der Waals surface area contributed by atoms with Gasteiger partial charge in [-0.1, -0.05) is 72.4 Å². The Balaban J connectivity index is 1.25. The van der Waals surface area contributed by atoms with Crippen molar-refractivity contribution in [3.8, 4) is 16.8 Å². The Hall–Kier alpha value is -4.01. The van der Waals surface area contributed by atoms with Crippen LogP contribution < -0.4 is 5.56 Å². The summed E-state index contributed by atoms with van der Waals surface area (Å²) < 4.78 is 1.70. The SMILES string of the molecule is Cc1sc2nc(SCCCCN3C(=O)c4ccccc4C3=O)n(-c3ccccc3)c(=O)c2c1-c1ccccc1. The van der Waals surface area contributed by atoms with Crippen LogP contribution in [0.15, 0.2) is 94.9 Å². The number of rotatable bonds is 8. The number of benzene rings is 3. The highest BCUT2D eigenvalue weighted by atomic mass is 32.2. The van der Waals surface area contributed by atoms with E-state index in [1.807, 2.05) is 67.6 Å². The van der Waals surface area contributed by atoms with E-state index in [0.29, 0.717) is 40.4 Å². The molecule has 6 nitrogen and oxygen atoms in total. The number of fused-ring (bicyclic) bond motifs is 2. The Kier molecular flexibility index (Phi) is 6.89. The number of unbranched alkanes of at least 4 members (excludes halogenated alkanes) is 1. The van der Waals surface area contributed by atoms with E-state index in [9.17, 15) is 14.4 Å². The number of amides is 2.